The summed E-state index contributed by atoms with van der Waals surface area (Å²) in [6.45, 7) is 4.69. The number of hydrogen-bond donors (Lipinski definition) is 0. The van der Waals surface area contributed by atoms with Crippen LogP contribution in [-0.2, 0) is 6.42 Å². The van der Waals surface area contributed by atoms with Crippen LogP contribution in [0.5, 0.6) is 0 Å². The minimum absolute atomic E-state index is 0.730. The first-order chi connectivity index (χ1) is 13.9. The topological polar surface area (TPSA) is 48.4 Å². The highest BCUT2D eigenvalue weighted by Crippen LogP contribution is 2.32. The highest BCUT2D eigenvalue weighted by Gasteiger charge is 2.23. The van der Waals surface area contributed by atoms with E-state index in [-0.39, 0.29) is 0 Å². The summed E-state index contributed by atoms with van der Waals surface area (Å²) in [7, 11) is 0. The molecule has 0 radical (unpaired) electrons. The maximum absolute atomic E-state index is 4.88. The van der Waals surface area contributed by atoms with Gasteiger partial charge in [-0.15, -0.1) is 5.10 Å². The normalized spacial score (nSPS) is 16.8. The Bertz CT molecular complexity index is 937. The van der Waals surface area contributed by atoms with Crippen molar-refractivity contribution in [2.75, 3.05) is 47.4 Å². The van der Waals surface area contributed by atoms with E-state index >= 15 is 0 Å². The van der Waals surface area contributed by atoms with Crippen LogP contribution in [0.2, 0.25) is 0 Å². The Hall–Kier alpha value is -3.15. The van der Waals surface area contributed by atoms with Crippen molar-refractivity contribution in [3.63, 3.8) is 0 Å². The Labute approximate surface area is 165 Å². The molecule has 0 atom stereocenters. The van der Waals surface area contributed by atoms with E-state index in [0.29, 0.717) is 0 Å². The molecule has 2 aliphatic heterocycles. The van der Waals surface area contributed by atoms with E-state index in [2.05, 4.69) is 79.5 Å². The summed E-state index contributed by atoms with van der Waals surface area (Å²) in [5.74, 6) is 1.62. The lowest BCUT2D eigenvalue weighted by Gasteiger charge is -2.36. The van der Waals surface area contributed by atoms with Gasteiger partial charge in [-0.1, -0.05) is 36.4 Å². The van der Waals surface area contributed by atoms with Gasteiger partial charge in [0.1, 0.15) is 0 Å². The maximum Gasteiger partial charge on any atom is 0.247 e. The van der Waals surface area contributed by atoms with Crippen molar-refractivity contribution in [3.8, 4) is 0 Å². The number of rotatable bonds is 3. The number of piperazine rings is 1. The highest BCUT2D eigenvalue weighted by molar-refractivity contribution is 5.65. The van der Waals surface area contributed by atoms with E-state index in [1.54, 1.807) is 6.20 Å². The molecule has 2 aliphatic rings. The fraction of sp³-hybridized carbons (Fsp3) is 0.318. The minimum Gasteiger partial charge on any atom is -0.368 e. The SMILES string of the molecule is c1ccc(N2CCN(c3nncc(N4CCCc5ccccc54)n3)CC2)cc1. The summed E-state index contributed by atoms with van der Waals surface area (Å²) in [5, 5.41) is 8.61. The number of nitrogens with zero attached hydrogens (tertiary/aromatic N) is 6. The minimum atomic E-state index is 0.730. The van der Waals surface area contributed by atoms with Gasteiger partial charge in [0.05, 0.1) is 6.20 Å². The molecular formula is C22H24N6. The number of para-hydroxylation sites is 2. The number of benzene rings is 2. The molecule has 0 saturated carbocycles. The van der Waals surface area contributed by atoms with Gasteiger partial charge in [0, 0.05) is 44.1 Å². The molecule has 1 saturated heterocycles. The van der Waals surface area contributed by atoms with Crippen molar-refractivity contribution in [1.82, 2.24) is 15.2 Å². The van der Waals surface area contributed by atoms with Crippen LogP contribution in [0.3, 0.4) is 0 Å². The number of hydrogen-bond acceptors (Lipinski definition) is 6. The Kier molecular flexibility index (Phi) is 4.53. The summed E-state index contributed by atoms with van der Waals surface area (Å²) in [6.07, 6.45) is 4.04. The maximum atomic E-state index is 4.88. The molecule has 0 unspecified atom stereocenters. The van der Waals surface area contributed by atoms with Gasteiger partial charge in [-0.3, -0.25) is 0 Å². The van der Waals surface area contributed by atoms with Crippen LogP contribution in [0.4, 0.5) is 23.1 Å². The molecule has 2 aromatic carbocycles. The summed E-state index contributed by atoms with van der Waals surface area (Å²) in [4.78, 5) is 11.8. The first kappa shape index (κ1) is 17.0. The molecule has 0 bridgehead atoms. The van der Waals surface area contributed by atoms with E-state index in [4.69, 9.17) is 4.98 Å². The molecule has 0 amide bonds. The largest absolute Gasteiger partial charge is 0.368 e. The molecule has 142 valence electrons. The second kappa shape index (κ2) is 7.46. The van der Waals surface area contributed by atoms with E-state index < -0.39 is 0 Å². The van der Waals surface area contributed by atoms with E-state index in [1.807, 2.05) is 0 Å². The Morgan fingerprint density at radius 1 is 0.750 bits per heavy atom. The van der Waals surface area contributed by atoms with Gasteiger partial charge < -0.3 is 14.7 Å². The van der Waals surface area contributed by atoms with Gasteiger partial charge in [-0.2, -0.15) is 10.1 Å². The molecule has 28 heavy (non-hydrogen) atoms. The molecule has 3 aromatic rings. The van der Waals surface area contributed by atoms with Crippen LogP contribution in [0.15, 0.2) is 60.8 Å². The van der Waals surface area contributed by atoms with E-state index in [0.717, 1.165) is 57.3 Å². The summed E-state index contributed by atoms with van der Waals surface area (Å²) < 4.78 is 0. The summed E-state index contributed by atoms with van der Waals surface area (Å²) >= 11 is 0. The average Bonchev–Trinajstić information content (AvgIpc) is 2.79. The number of aryl methyl sites for hydroxylation is 1. The fourth-order valence-electron chi connectivity index (χ4n) is 4.12. The molecule has 3 heterocycles. The second-order valence-electron chi connectivity index (χ2n) is 7.31. The number of anilines is 4. The lowest BCUT2D eigenvalue weighted by atomic mass is 10.0. The monoisotopic (exact) mass is 372 g/mol. The molecule has 5 rings (SSSR count). The quantitative estimate of drug-likeness (QED) is 0.703. The molecule has 0 spiro atoms. The summed E-state index contributed by atoms with van der Waals surface area (Å²) in [5.41, 5.74) is 3.90. The van der Waals surface area contributed by atoms with Gasteiger partial charge in [0.2, 0.25) is 5.95 Å². The summed E-state index contributed by atoms with van der Waals surface area (Å²) in [6, 6.07) is 19.2. The van der Waals surface area contributed by atoms with Gasteiger partial charge in [-0.05, 0) is 36.6 Å². The van der Waals surface area contributed by atoms with Crippen LogP contribution in [0, 0.1) is 0 Å². The van der Waals surface area contributed by atoms with Crippen LogP contribution in [-0.4, -0.2) is 47.9 Å². The third kappa shape index (κ3) is 3.26. The standard InChI is InChI=1S/C22H24N6/c1-2-9-19(10-3-1)26-13-15-27(16-14-26)22-24-21(17-23-25-22)28-12-6-8-18-7-4-5-11-20(18)28/h1-5,7,9-11,17H,6,8,12-16H2. The predicted molar refractivity (Wildman–Crippen MR) is 112 cm³/mol. The smallest absolute Gasteiger partial charge is 0.247 e. The van der Waals surface area contributed by atoms with Crippen molar-refractivity contribution in [1.29, 1.82) is 0 Å². The van der Waals surface area contributed by atoms with Gasteiger partial charge >= 0.3 is 0 Å². The predicted octanol–water partition coefficient (Wildman–Crippen LogP) is 3.28. The van der Waals surface area contributed by atoms with Crippen LogP contribution >= 0.6 is 0 Å². The highest BCUT2D eigenvalue weighted by atomic mass is 15.4. The number of aromatic nitrogens is 3. The first-order valence-electron chi connectivity index (χ1n) is 9.98. The fourth-order valence-corrected chi connectivity index (χ4v) is 4.12. The Morgan fingerprint density at radius 2 is 1.50 bits per heavy atom. The van der Waals surface area contributed by atoms with Crippen LogP contribution in [0.25, 0.3) is 0 Å². The van der Waals surface area contributed by atoms with Crippen molar-refractivity contribution in [2.45, 2.75) is 12.8 Å². The van der Waals surface area contributed by atoms with Gasteiger partial charge in [-0.25, -0.2) is 0 Å². The van der Waals surface area contributed by atoms with Crippen LogP contribution in [0.1, 0.15) is 12.0 Å². The molecule has 0 N–H and O–H groups in total. The third-order valence-corrected chi connectivity index (χ3v) is 5.61. The first-order valence-corrected chi connectivity index (χ1v) is 9.98. The average molecular weight is 372 g/mol. The van der Waals surface area contributed by atoms with E-state index in [1.165, 1.54) is 16.9 Å². The molecule has 6 heteroatoms. The lowest BCUT2D eigenvalue weighted by molar-refractivity contribution is 0.633. The zero-order valence-corrected chi connectivity index (χ0v) is 15.9. The second-order valence-corrected chi connectivity index (χ2v) is 7.31. The van der Waals surface area contributed by atoms with Crippen molar-refractivity contribution in [3.05, 3.63) is 66.4 Å². The zero-order chi connectivity index (χ0) is 18.8. The molecule has 0 aliphatic carbocycles. The lowest BCUT2D eigenvalue weighted by Crippen LogP contribution is -2.47. The zero-order valence-electron chi connectivity index (χ0n) is 15.9. The Morgan fingerprint density at radius 3 is 2.36 bits per heavy atom. The van der Waals surface area contributed by atoms with Crippen molar-refractivity contribution < 1.29 is 0 Å². The molecule has 1 fully saturated rings. The third-order valence-electron chi connectivity index (χ3n) is 5.61. The van der Waals surface area contributed by atoms with E-state index in [9.17, 15) is 0 Å². The van der Waals surface area contributed by atoms with Gasteiger partial charge in [0.15, 0.2) is 5.82 Å². The van der Waals surface area contributed by atoms with Crippen LogP contribution < -0.4 is 14.7 Å². The molecule has 1 aromatic heterocycles. The van der Waals surface area contributed by atoms with Crippen molar-refractivity contribution >= 4 is 23.1 Å². The molecular weight excluding hydrogens is 348 g/mol. The van der Waals surface area contributed by atoms with Crippen molar-refractivity contribution in [2.24, 2.45) is 0 Å². The van der Waals surface area contributed by atoms with Gasteiger partial charge in [0.25, 0.3) is 0 Å². The number of fused-ring (bicyclic) bond motifs is 1. The molecule has 6 nitrogen and oxygen atoms in total. The Balaban J connectivity index is 1.33.